The Morgan fingerprint density at radius 3 is 2.69 bits per heavy atom. The highest BCUT2D eigenvalue weighted by atomic mass is 35.5. The number of hydrogen-bond acceptors (Lipinski definition) is 6. The number of hydrazine groups is 1. The van der Waals surface area contributed by atoms with Gasteiger partial charge in [0.1, 0.15) is 5.50 Å². The average Bonchev–Trinajstić information content (AvgIpc) is 3.24. The second-order valence-electron chi connectivity index (χ2n) is 8.05. The Balaban J connectivity index is 1.47. The third-order valence-electron chi connectivity index (χ3n) is 5.52. The number of fused-ring (bicyclic) bond motifs is 1. The van der Waals surface area contributed by atoms with Gasteiger partial charge in [0, 0.05) is 12.2 Å². The lowest BCUT2D eigenvalue weighted by Crippen LogP contribution is -2.64. The summed E-state index contributed by atoms with van der Waals surface area (Å²) in [5.74, 6) is 0.0410. The van der Waals surface area contributed by atoms with Gasteiger partial charge in [0.2, 0.25) is 11.8 Å². The molecule has 4 rings (SSSR count). The highest BCUT2D eigenvalue weighted by molar-refractivity contribution is 8.00. The van der Waals surface area contributed by atoms with Crippen LogP contribution in [-0.2, 0) is 9.59 Å². The molecular formula is C22H25Cl2N5O2S. The van der Waals surface area contributed by atoms with Crippen molar-refractivity contribution in [1.82, 2.24) is 16.2 Å². The fourth-order valence-electron chi connectivity index (χ4n) is 3.76. The maximum Gasteiger partial charge on any atom is 0.236 e. The maximum atomic E-state index is 13.3. The molecule has 0 bridgehead atoms. The number of hydrogen-bond donors (Lipinski definition) is 4. The molecule has 2 heterocycles. The molecule has 0 radical (unpaired) electrons. The summed E-state index contributed by atoms with van der Waals surface area (Å²) >= 11 is 13.9. The molecule has 2 amide bonds. The van der Waals surface area contributed by atoms with Crippen LogP contribution in [0, 0.1) is 5.92 Å². The third kappa shape index (κ3) is 4.90. The van der Waals surface area contributed by atoms with Gasteiger partial charge in [-0.1, -0.05) is 55.2 Å². The summed E-state index contributed by atoms with van der Waals surface area (Å²) in [6, 6.07) is 13.0. The normalized spacial score (nSPS) is 22.8. The zero-order valence-corrected chi connectivity index (χ0v) is 20.0. The zero-order chi connectivity index (χ0) is 22.8. The molecule has 0 spiro atoms. The minimum absolute atomic E-state index is 0.0856. The van der Waals surface area contributed by atoms with Crippen LogP contribution in [0.15, 0.2) is 42.5 Å². The Morgan fingerprint density at radius 2 is 1.97 bits per heavy atom. The number of nitrogens with one attached hydrogen (secondary N) is 4. The van der Waals surface area contributed by atoms with Crippen LogP contribution in [0.1, 0.15) is 25.3 Å². The lowest BCUT2D eigenvalue weighted by molar-refractivity contribution is -0.124. The number of rotatable bonds is 6. The predicted octanol–water partition coefficient (Wildman–Crippen LogP) is 3.76. The van der Waals surface area contributed by atoms with Crippen LogP contribution in [0.4, 0.5) is 11.4 Å². The van der Waals surface area contributed by atoms with E-state index in [1.807, 2.05) is 24.3 Å². The molecule has 0 aliphatic carbocycles. The van der Waals surface area contributed by atoms with E-state index in [9.17, 15) is 9.59 Å². The van der Waals surface area contributed by atoms with Crippen LogP contribution in [0.2, 0.25) is 10.0 Å². The van der Waals surface area contributed by atoms with Crippen molar-refractivity contribution in [1.29, 1.82) is 0 Å². The monoisotopic (exact) mass is 493 g/mol. The van der Waals surface area contributed by atoms with Crippen molar-refractivity contribution in [3.63, 3.8) is 0 Å². The van der Waals surface area contributed by atoms with Crippen molar-refractivity contribution in [2.75, 3.05) is 22.5 Å². The quantitative estimate of drug-likeness (QED) is 0.490. The van der Waals surface area contributed by atoms with Crippen LogP contribution in [0.3, 0.4) is 0 Å². The molecule has 2 fully saturated rings. The molecule has 2 aliphatic heterocycles. The summed E-state index contributed by atoms with van der Waals surface area (Å²) in [4.78, 5) is 27.5. The smallest absolute Gasteiger partial charge is 0.236 e. The van der Waals surface area contributed by atoms with Crippen LogP contribution in [0.25, 0.3) is 0 Å². The second kappa shape index (κ2) is 9.99. The van der Waals surface area contributed by atoms with Gasteiger partial charge < -0.3 is 5.32 Å². The fraction of sp³-hybridized carbons (Fsp3) is 0.364. The minimum Gasteiger partial charge on any atom is -0.325 e. The van der Waals surface area contributed by atoms with E-state index in [1.165, 1.54) is 17.3 Å². The topological polar surface area (TPSA) is 85.5 Å². The first-order valence-corrected chi connectivity index (χ1v) is 12.2. The van der Waals surface area contributed by atoms with Crippen molar-refractivity contribution >= 4 is 58.2 Å². The molecule has 2 saturated heterocycles. The summed E-state index contributed by atoms with van der Waals surface area (Å²) in [5, 5.41) is 6.98. The maximum absolute atomic E-state index is 13.3. The molecule has 10 heteroatoms. The summed E-state index contributed by atoms with van der Waals surface area (Å²) in [5.41, 5.74) is 8.06. The van der Waals surface area contributed by atoms with E-state index in [0.717, 1.165) is 5.69 Å². The van der Waals surface area contributed by atoms with Crippen molar-refractivity contribution in [2.24, 2.45) is 5.92 Å². The lowest BCUT2D eigenvalue weighted by Gasteiger charge is -2.41. The molecule has 7 nitrogen and oxygen atoms in total. The highest BCUT2D eigenvalue weighted by Crippen LogP contribution is 2.37. The number of amides is 2. The van der Waals surface area contributed by atoms with E-state index in [1.54, 1.807) is 23.1 Å². The van der Waals surface area contributed by atoms with Crippen LogP contribution < -0.4 is 26.4 Å². The van der Waals surface area contributed by atoms with Gasteiger partial charge in [0.15, 0.2) is 0 Å². The average molecular weight is 494 g/mol. The van der Waals surface area contributed by atoms with E-state index in [-0.39, 0.29) is 29.7 Å². The summed E-state index contributed by atoms with van der Waals surface area (Å²) < 4.78 is 0. The standard InChI is InChI=1S/C22H25Cl2N5O2S/c1-12(2)13-6-8-14(9-7-13)26-18(30)11-32-22-27-20-15(10-25-28-20)21(31)29(22)17-5-3-4-16(23)19(17)24/h3-9,12,15,20,22,25,27-28H,10-11H2,1-2H3,(H,26,30). The number of anilines is 2. The molecule has 0 saturated carbocycles. The highest BCUT2D eigenvalue weighted by Gasteiger charge is 2.45. The number of thioether (sulfide) groups is 1. The van der Waals surface area contributed by atoms with E-state index >= 15 is 0 Å². The van der Waals surface area contributed by atoms with Crippen LogP contribution in [-0.4, -0.2) is 35.8 Å². The SMILES string of the molecule is CC(C)c1ccc(NC(=O)CSC2NC3NNCC3C(=O)N2c2cccc(Cl)c2Cl)cc1. The zero-order valence-electron chi connectivity index (χ0n) is 17.7. The van der Waals surface area contributed by atoms with Gasteiger partial charge in [-0.15, -0.1) is 11.8 Å². The first-order valence-electron chi connectivity index (χ1n) is 10.4. The molecular weight excluding hydrogens is 469 g/mol. The van der Waals surface area contributed by atoms with Gasteiger partial charge in [-0.2, -0.15) is 0 Å². The Labute approximate surface area is 201 Å². The number of carbonyl (C=O) groups is 2. The number of halogens is 2. The van der Waals surface area contributed by atoms with E-state index in [0.29, 0.717) is 28.2 Å². The fourth-order valence-corrected chi connectivity index (χ4v) is 5.13. The Kier molecular flexibility index (Phi) is 7.29. The summed E-state index contributed by atoms with van der Waals surface area (Å²) in [6.07, 6.45) is -0.235. The van der Waals surface area contributed by atoms with E-state index < -0.39 is 5.50 Å². The van der Waals surface area contributed by atoms with Crippen LogP contribution >= 0.6 is 35.0 Å². The van der Waals surface area contributed by atoms with Crippen LogP contribution in [0.5, 0.6) is 0 Å². The Morgan fingerprint density at radius 1 is 1.22 bits per heavy atom. The van der Waals surface area contributed by atoms with Crippen molar-refractivity contribution in [2.45, 2.75) is 31.4 Å². The molecule has 32 heavy (non-hydrogen) atoms. The summed E-state index contributed by atoms with van der Waals surface area (Å²) in [7, 11) is 0. The van der Waals surface area contributed by atoms with Gasteiger partial charge in [-0.05, 0) is 35.7 Å². The van der Waals surface area contributed by atoms with Gasteiger partial charge in [0.05, 0.1) is 33.6 Å². The van der Waals surface area contributed by atoms with E-state index in [4.69, 9.17) is 23.2 Å². The van der Waals surface area contributed by atoms with Crippen molar-refractivity contribution in [3.8, 4) is 0 Å². The van der Waals surface area contributed by atoms with Gasteiger partial charge in [-0.25, -0.2) is 5.43 Å². The Bertz CT molecular complexity index is 1000. The molecule has 2 aromatic rings. The molecule has 3 atom stereocenters. The summed E-state index contributed by atoms with van der Waals surface area (Å²) in [6.45, 7) is 4.75. The Hall–Kier alpha value is -1.81. The van der Waals surface area contributed by atoms with Gasteiger partial charge >= 0.3 is 0 Å². The predicted molar refractivity (Wildman–Crippen MR) is 131 cm³/mol. The van der Waals surface area contributed by atoms with Gasteiger partial charge in [0.25, 0.3) is 0 Å². The van der Waals surface area contributed by atoms with Gasteiger partial charge in [-0.3, -0.25) is 25.2 Å². The van der Waals surface area contributed by atoms with Crippen molar-refractivity contribution < 1.29 is 9.59 Å². The molecule has 2 aromatic carbocycles. The lowest BCUT2D eigenvalue weighted by atomic mass is 10.0. The van der Waals surface area contributed by atoms with Crippen molar-refractivity contribution in [3.05, 3.63) is 58.1 Å². The third-order valence-corrected chi connectivity index (χ3v) is 7.42. The first kappa shape index (κ1) is 23.4. The minimum atomic E-state index is -0.499. The number of nitrogens with zero attached hydrogens (tertiary/aromatic N) is 1. The molecule has 0 aromatic heterocycles. The molecule has 4 N–H and O–H groups in total. The molecule has 170 valence electrons. The first-order chi connectivity index (χ1) is 15.3. The molecule has 2 aliphatic rings. The van der Waals surface area contributed by atoms with E-state index in [2.05, 4.69) is 35.3 Å². The largest absolute Gasteiger partial charge is 0.325 e. The number of carbonyl (C=O) groups excluding carboxylic acids is 2. The number of benzene rings is 2. The molecule has 3 unspecified atom stereocenters. The second-order valence-corrected chi connectivity index (χ2v) is 9.90.